The molecule has 9 heteroatoms. The van der Waals surface area contributed by atoms with E-state index in [2.05, 4.69) is 5.32 Å². The number of anilines is 1. The van der Waals surface area contributed by atoms with E-state index in [0.717, 1.165) is 0 Å². The predicted octanol–water partition coefficient (Wildman–Crippen LogP) is 0.611. The molecule has 0 aliphatic carbocycles. The van der Waals surface area contributed by atoms with E-state index in [0.29, 0.717) is 0 Å². The summed E-state index contributed by atoms with van der Waals surface area (Å²) < 4.78 is 0. The molecule has 9 nitrogen and oxygen atoms in total. The van der Waals surface area contributed by atoms with E-state index in [1.165, 1.54) is 24.3 Å². The van der Waals surface area contributed by atoms with Crippen molar-refractivity contribution in [2.75, 3.05) is 5.32 Å². The number of rotatable bonds is 7. The first-order valence-corrected chi connectivity index (χ1v) is 5.51. The number of nitrogens with zero attached hydrogens (tertiary/aromatic N) is 1. The molecular weight excluding hydrogens is 270 g/mol. The van der Waals surface area contributed by atoms with Crippen molar-refractivity contribution < 1.29 is 24.7 Å². The lowest BCUT2D eigenvalue weighted by Gasteiger charge is -2.26. The molecule has 1 rings (SSSR count). The number of hydrogen-bond donors (Lipinski definition) is 4. The first kappa shape index (κ1) is 15.4. The Kier molecular flexibility index (Phi) is 4.59. The van der Waals surface area contributed by atoms with Crippen molar-refractivity contribution in [3.8, 4) is 0 Å². The summed E-state index contributed by atoms with van der Waals surface area (Å²) in [6.45, 7) is 0. The number of nitrogens with two attached hydrogens (primary N) is 1. The molecule has 0 amide bonds. The summed E-state index contributed by atoms with van der Waals surface area (Å²) in [6, 6.07) is 4.95. The minimum Gasteiger partial charge on any atom is -0.481 e. The zero-order valence-electron chi connectivity index (χ0n) is 10.3. The third kappa shape index (κ3) is 3.92. The van der Waals surface area contributed by atoms with Gasteiger partial charge >= 0.3 is 11.9 Å². The van der Waals surface area contributed by atoms with Crippen molar-refractivity contribution in [1.82, 2.24) is 0 Å². The zero-order valence-corrected chi connectivity index (χ0v) is 10.3. The molecule has 0 saturated carbocycles. The number of nitro groups is 1. The van der Waals surface area contributed by atoms with Crippen molar-refractivity contribution >= 4 is 23.3 Å². The molecule has 0 fully saturated rings. The standard InChI is InChI=1S/C11H13N3O6/c12-11(10(17)18,6-5-9(15)16)13-7-1-3-8(4-2-7)14(19)20/h1-4,13H,5-6,12H2,(H,15,16)(H,17,18)/t11-/m1/s1. The van der Waals surface area contributed by atoms with Gasteiger partial charge in [0, 0.05) is 30.7 Å². The lowest BCUT2D eigenvalue weighted by atomic mass is 10.0. The summed E-state index contributed by atoms with van der Waals surface area (Å²) >= 11 is 0. The molecule has 20 heavy (non-hydrogen) atoms. The SMILES string of the molecule is N[C@](CCC(=O)O)(Nc1ccc([N+](=O)[O-])cc1)C(=O)O. The van der Waals surface area contributed by atoms with Gasteiger partial charge in [0.1, 0.15) is 0 Å². The molecule has 0 radical (unpaired) electrons. The average molecular weight is 283 g/mol. The van der Waals surface area contributed by atoms with Crippen molar-refractivity contribution in [1.29, 1.82) is 0 Å². The fourth-order valence-corrected chi connectivity index (χ4v) is 1.45. The van der Waals surface area contributed by atoms with Gasteiger partial charge < -0.3 is 15.5 Å². The third-order valence-corrected chi connectivity index (χ3v) is 2.56. The molecule has 0 bridgehead atoms. The molecular formula is C11H13N3O6. The number of nitrogens with one attached hydrogen (secondary N) is 1. The Hall–Kier alpha value is -2.68. The largest absolute Gasteiger partial charge is 0.481 e. The summed E-state index contributed by atoms with van der Waals surface area (Å²) in [5, 5.41) is 30.6. The number of hydrogen-bond acceptors (Lipinski definition) is 6. The highest BCUT2D eigenvalue weighted by Gasteiger charge is 2.34. The second-order valence-electron chi connectivity index (χ2n) is 4.10. The molecule has 0 aromatic heterocycles. The minimum atomic E-state index is -1.96. The lowest BCUT2D eigenvalue weighted by molar-refractivity contribution is -0.384. The quantitative estimate of drug-likeness (QED) is 0.322. The van der Waals surface area contributed by atoms with Crippen molar-refractivity contribution in [2.24, 2.45) is 5.73 Å². The first-order valence-electron chi connectivity index (χ1n) is 5.51. The van der Waals surface area contributed by atoms with Crippen LogP contribution in [0, 0.1) is 10.1 Å². The van der Waals surface area contributed by atoms with E-state index in [4.69, 9.17) is 15.9 Å². The first-order chi connectivity index (χ1) is 9.24. The second-order valence-corrected chi connectivity index (χ2v) is 4.10. The van der Waals surface area contributed by atoms with E-state index in [9.17, 15) is 19.7 Å². The number of benzene rings is 1. The Bertz CT molecular complexity index is 529. The van der Waals surface area contributed by atoms with Crippen LogP contribution in [-0.2, 0) is 9.59 Å². The van der Waals surface area contributed by atoms with Crippen LogP contribution in [0.4, 0.5) is 11.4 Å². The molecule has 108 valence electrons. The fraction of sp³-hybridized carbons (Fsp3) is 0.273. The topological polar surface area (TPSA) is 156 Å². The number of carboxylic acid groups (broad SMARTS) is 2. The monoisotopic (exact) mass is 283 g/mol. The predicted molar refractivity (Wildman–Crippen MR) is 68.1 cm³/mol. The van der Waals surface area contributed by atoms with Crippen LogP contribution in [-0.4, -0.2) is 32.7 Å². The summed E-state index contributed by atoms with van der Waals surface area (Å²) in [5.41, 5.74) is 3.74. The molecule has 1 aromatic rings. The number of aliphatic carboxylic acids is 2. The zero-order chi connectivity index (χ0) is 15.3. The van der Waals surface area contributed by atoms with Crippen LogP contribution in [0.15, 0.2) is 24.3 Å². The van der Waals surface area contributed by atoms with Crippen molar-refractivity contribution in [3.05, 3.63) is 34.4 Å². The summed E-state index contributed by atoms with van der Waals surface area (Å²) in [5.74, 6) is -2.59. The Morgan fingerprint density at radius 3 is 2.25 bits per heavy atom. The maximum absolute atomic E-state index is 11.1. The van der Waals surface area contributed by atoms with Crippen LogP contribution in [0.3, 0.4) is 0 Å². The molecule has 0 aliphatic rings. The molecule has 0 heterocycles. The maximum Gasteiger partial charge on any atom is 0.344 e. The maximum atomic E-state index is 11.1. The highest BCUT2D eigenvalue weighted by molar-refractivity contribution is 5.82. The van der Waals surface area contributed by atoms with Gasteiger partial charge in [0.2, 0.25) is 0 Å². The van der Waals surface area contributed by atoms with Crippen LogP contribution in [0.1, 0.15) is 12.8 Å². The second kappa shape index (κ2) is 5.97. The normalized spacial score (nSPS) is 13.2. The highest BCUT2D eigenvalue weighted by atomic mass is 16.6. The smallest absolute Gasteiger partial charge is 0.344 e. The summed E-state index contributed by atoms with van der Waals surface area (Å²) in [7, 11) is 0. The minimum absolute atomic E-state index is 0.154. The molecule has 0 unspecified atom stereocenters. The van der Waals surface area contributed by atoms with Gasteiger partial charge in [0.05, 0.1) is 4.92 Å². The van der Waals surface area contributed by atoms with E-state index in [1.54, 1.807) is 0 Å². The molecule has 5 N–H and O–H groups in total. The number of carboxylic acids is 2. The van der Waals surface area contributed by atoms with Crippen LogP contribution in [0.25, 0.3) is 0 Å². The Balaban J connectivity index is 2.87. The molecule has 0 spiro atoms. The fourth-order valence-electron chi connectivity index (χ4n) is 1.45. The van der Waals surface area contributed by atoms with Gasteiger partial charge in [0.25, 0.3) is 5.69 Å². The number of nitro benzene ring substituents is 1. The van der Waals surface area contributed by atoms with Gasteiger partial charge in [-0.25, -0.2) is 4.79 Å². The molecule has 1 aromatic carbocycles. The number of carbonyl (C=O) groups is 2. The summed E-state index contributed by atoms with van der Waals surface area (Å²) in [4.78, 5) is 31.5. The van der Waals surface area contributed by atoms with Crippen LogP contribution < -0.4 is 11.1 Å². The average Bonchev–Trinajstić information content (AvgIpc) is 2.37. The molecule has 1 atom stereocenters. The van der Waals surface area contributed by atoms with Crippen LogP contribution in [0.2, 0.25) is 0 Å². The van der Waals surface area contributed by atoms with E-state index in [1.807, 2.05) is 0 Å². The van der Waals surface area contributed by atoms with Gasteiger partial charge in [-0.1, -0.05) is 0 Å². The lowest BCUT2D eigenvalue weighted by Crippen LogP contribution is -2.55. The Morgan fingerprint density at radius 2 is 1.85 bits per heavy atom. The van der Waals surface area contributed by atoms with E-state index >= 15 is 0 Å². The van der Waals surface area contributed by atoms with E-state index in [-0.39, 0.29) is 17.8 Å². The van der Waals surface area contributed by atoms with Gasteiger partial charge in [-0.05, 0) is 12.1 Å². The molecule has 0 saturated heterocycles. The third-order valence-electron chi connectivity index (χ3n) is 2.56. The summed E-state index contributed by atoms with van der Waals surface area (Å²) in [6.07, 6.45) is -0.766. The van der Waals surface area contributed by atoms with Gasteiger partial charge in [-0.15, -0.1) is 0 Å². The van der Waals surface area contributed by atoms with Gasteiger partial charge in [0.15, 0.2) is 5.66 Å². The van der Waals surface area contributed by atoms with Gasteiger partial charge in [-0.2, -0.15) is 0 Å². The Labute approximate surface area is 113 Å². The Morgan fingerprint density at radius 1 is 1.30 bits per heavy atom. The number of non-ortho nitro benzene ring substituents is 1. The van der Waals surface area contributed by atoms with E-state index < -0.39 is 28.9 Å². The highest BCUT2D eigenvalue weighted by Crippen LogP contribution is 2.20. The van der Waals surface area contributed by atoms with Crippen molar-refractivity contribution in [2.45, 2.75) is 18.5 Å². The van der Waals surface area contributed by atoms with Crippen molar-refractivity contribution in [3.63, 3.8) is 0 Å². The van der Waals surface area contributed by atoms with Gasteiger partial charge in [-0.3, -0.25) is 20.6 Å². The van der Waals surface area contributed by atoms with Crippen LogP contribution in [0.5, 0.6) is 0 Å². The van der Waals surface area contributed by atoms with Crippen LogP contribution >= 0.6 is 0 Å². The molecule has 0 aliphatic heterocycles.